The van der Waals surface area contributed by atoms with Crippen LogP contribution in [0.3, 0.4) is 0 Å². The zero-order valence-corrected chi connectivity index (χ0v) is 13.7. The molecule has 6 heteroatoms. The Balaban J connectivity index is 1.99. The number of rotatable bonds is 3. The van der Waals surface area contributed by atoms with Crippen LogP contribution in [-0.2, 0) is 0 Å². The standard InChI is InChI=1S/C17H12Cl2N2O2/c1-10-14(15(21-23-10)11-6-3-2-4-7-11)17(22)20-16-12(18)8-5-9-13(16)19/h2-9H,1H3,(H,20,22). The number of aromatic nitrogens is 1. The van der Waals surface area contributed by atoms with Gasteiger partial charge in [0.1, 0.15) is 17.0 Å². The fourth-order valence-corrected chi connectivity index (χ4v) is 2.72. The van der Waals surface area contributed by atoms with Gasteiger partial charge in [0.15, 0.2) is 0 Å². The molecule has 0 atom stereocenters. The summed E-state index contributed by atoms with van der Waals surface area (Å²) in [4.78, 5) is 12.7. The second-order valence-electron chi connectivity index (χ2n) is 4.88. The lowest BCUT2D eigenvalue weighted by atomic mass is 10.1. The molecule has 1 amide bonds. The average molecular weight is 347 g/mol. The molecule has 0 saturated heterocycles. The Morgan fingerprint density at radius 2 is 1.70 bits per heavy atom. The molecule has 1 heterocycles. The third kappa shape index (κ3) is 3.09. The largest absolute Gasteiger partial charge is 0.360 e. The van der Waals surface area contributed by atoms with Crippen molar-refractivity contribution in [2.75, 3.05) is 5.32 Å². The van der Waals surface area contributed by atoms with Gasteiger partial charge < -0.3 is 9.84 Å². The highest BCUT2D eigenvalue weighted by atomic mass is 35.5. The number of anilines is 1. The Labute approximate surface area is 143 Å². The van der Waals surface area contributed by atoms with E-state index in [1.807, 2.05) is 30.3 Å². The van der Waals surface area contributed by atoms with Gasteiger partial charge in [-0.3, -0.25) is 4.79 Å². The van der Waals surface area contributed by atoms with Crippen molar-refractivity contribution < 1.29 is 9.32 Å². The van der Waals surface area contributed by atoms with E-state index in [2.05, 4.69) is 10.5 Å². The summed E-state index contributed by atoms with van der Waals surface area (Å²) in [5.74, 6) is 0.0436. The maximum atomic E-state index is 12.7. The number of hydrogen-bond acceptors (Lipinski definition) is 3. The van der Waals surface area contributed by atoms with Gasteiger partial charge in [-0.25, -0.2) is 0 Å². The summed E-state index contributed by atoms with van der Waals surface area (Å²) in [5.41, 5.74) is 1.98. The number of benzene rings is 2. The highest BCUT2D eigenvalue weighted by Crippen LogP contribution is 2.32. The van der Waals surface area contributed by atoms with Gasteiger partial charge >= 0.3 is 0 Å². The molecule has 0 unspecified atom stereocenters. The minimum atomic E-state index is -0.377. The highest BCUT2D eigenvalue weighted by molar-refractivity contribution is 6.40. The summed E-state index contributed by atoms with van der Waals surface area (Å²) < 4.78 is 5.19. The number of hydrogen-bond donors (Lipinski definition) is 1. The molecule has 3 aromatic rings. The van der Waals surface area contributed by atoms with Crippen LogP contribution in [0.5, 0.6) is 0 Å². The average Bonchev–Trinajstić information content (AvgIpc) is 2.93. The minimum Gasteiger partial charge on any atom is -0.360 e. The lowest BCUT2D eigenvalue weighted by molar-refractivity contribution is 0.102. The number of nitrogens with one attached hydrogen (secondary N) is 1. The third-order valence-electron chi connectivity index (χ3n) is 3.34. The predicted molar refractivity (Wildman–Crippen MR) is 91.1 cm³/mol. The Bertz CT molecular complexity index is 840. The summed E-state index contributed by atoms with van der Waals surface area (Å²) >= 11 is 12.2. The molecule has 3 rings (SSSR count). The molecule has 1 N–H and O–H groups in total. The molecule has 2 aromatic carbocycles. The topological polar surface area (TPSA) is 55.1 Å². The summed E-state index contributed by atoms with van der Waals surface area (Å²) in [6.07, 6.45) is 0. The fourth-order valence-electron chi connectivity index (χ4n) is 2.23. The fraction of sp³-hybridized carbons (Fsp3) is 0.0588. The van der Waals surface area contributed by atoms with Crippen LogP contribution >= 0.6 is 23.2 Å². The van der Waals surface area contributed by atoms with Gasteiger partial charge in [-0.1, -0.05) is 64.8 Å². The Morgan fingerprint density at radius 1 is 1.04 bits per heavy atom. The molecule has 0 aliphatic carbocycles. The third-order valence-corrected chi connectivity index (χ3v) is 3.97. The van der Waals surface area contributed by atoms with Crippen molar-refractivity contribution in [1.82, 2.24) is 5.16 Å². The van der Waals surface area contributed by atoms with E-state index in [0.717, 1.165) is 5.56 Å². The molecule has 0 spiro atoms. The van der Waals surface area contributed by atoms with Crippen LogP contribution in [0.1, 0.15) is 16.1 Å². The van der Waals surface area contributed by atoms with Gasteiger partial charge in [0.25, 0.3) is 5.91 Å². The van der Waals surface area contributed by atoms with Gasteiger partial charge in [0.2, 0.25) is 0 Å². The lowest BCUT2D eigenvalue weighted by Crippen LogP contribution is -2.14. The van der Waals surface area contributed by atoms with Gasteiger partial charge in [-0.2, -0.15) is 0 Å². The highest BCUT2D eigenvalue weighted by Gasteiger charge is 2.22. The first-order valence-corrected chi connectivity index (χ1v) is 7.60. The number of carbonyl (C=O) groups excluding carboxylic acids is 1. The lowest BCUT2D eigenvalue weighted by Gasteiger charge is -2.09. The number of para-hydroxylation sites is 1. The van der Waals surface area contributed by atoms with E-state index in [1.54, 1.807) is 25.1 Å². The summed E-state index contributed by atoms with van der Waals surface area (Å²) in [6, 6.07) is 14.4. The minimum absolute atomic E-state index is 0.354. The first-order chi connectivity index (χ1) is 11.1. The van der Waals surface area contributed by atoms with E-state index < -0.39 is 0 Å². The van der Waals surface area contributed by atoms with Crippen molar-refractivity contribution in [2.45, 2.75) is 6.92 Å². The van der Waals surface area contributed by atoms with Crippen molar-refractivity contribution in [3.05, 3.63) is 69.9 Å². The summed E-state index contributed by atoms with van der Waals surface area (Å²) in [7, 11) is 0. The quantitative estimate of drug-likeness (QED) is 0.708. The predicted octanol–water partition coefficient (Wildman–Crippen LogP) is 5.21. The normalized spacial score (nSPS) is 10.6. The molecule has 0 aliphatic heterocycles. The van der Waals surface area contributed by atoms with E-state index >= 15 is 0 Å². The van der Waals surface area contributed by atoms with Gasteiger partial charge in [0.05, 0.1) is 15.7 Å². The van der Waals surface area contributed by atoms with Crippen molar-refractivity contribution in [3.63, 3.8) is 0 Å². The van der Waals surface area contributed by atoms with Crippen LogP contribution in [0.15, 0.2) is 53.1 Å². The second-order valence-corrected chi connectivity index (χ2v) is 5.69. The van der Waals surface area contributed by atoms with Crippen LogP contribution in [0, 0.1) is 6.92 Å². The molecule has 0 fully saturated rings. The molecule has 116 valence electrons. The smallest absolute Gasteiger partial charge is 0.261 e. The number of nitrogens with zero attached hydrogens (tertiary/aromatic N) is 1. The van der Waals surface area contributed by atoms with E-state index in [1.165, 1.54) is 0 Å². The first-order valence-electron chi connectivity index (χ1n) is 6.85. The van der Waals surface area contributed by atoms with Gasteiger partial charge in [0, 0.05) is 5.56 Å². The molecule has 1 aromatic heterocycles. The van der Waals surface area contributed by atoms with E-state index in [0.29, 0.717) is 32.8 Å². The van der Waals surface area contributed by atoms with Crippen molar-refractivity contribution in [1.29, 1.82) is 0 Å². The molecule has 0 aliphatic rings. The Morgan fingerprint density at radius 3 is 2.35 bits per heavy atom. The Kier molecular flexibility index (Phi) is 4.37. The maximum Gasteiger partial charge on any atom is 0.261 e. The monoisotopic (exact) mass is 346 g/mol. The second kappa shape index (κ2) is 6.44. The summed E-state index contributed by atoms with van der Waals surface area (Å²) in [5, 5.41) is 7.45. The van der Waals surface area contributed by atoms with Crippen molar-refractivity contribution in [3.8, 4) is 11.3 Å². The molecule has 4 nitrogen and oxygen atoms in total. The molecule has 0 saturated carbocycles. The molecular weight excluding hydrogens is 335 g/mol. The van der Waals surface area contributed by atoms with Gasteiger partial charge in [-0.15, -0.1) is 0 Å². The van der Waals surface area contributed by atoms with Gasteiger partial charge in [-0.05, 0) is 19.1 Å². The molecular formula is C17H12Cl2N2O2. The Hall–Kier alpha value is -2.30. The molecule has 0 radical (unpaired) electrons. The number of halogens is 2. The number of amides is 1. The van der Waals surface area contributed by atoms with Crippen LogP contribution < -0.4 is 5.32 Å². The van der Waals surface area contributed by atoms with Crippen LogP contribution in [0.4, 0.5) is 5.69 Å². The maximum absolute atomic E-state index is 12.7. The van der Waals surface area contributed by atoms with E-state index in [4.69, 9.17) is 27.7 Å². The van der Waals surface area contributed by atoms with Crippen molar-refractivity contribution in [2.24, 2.45) is 0 Å². The number of carbonyl (C=O) groups is 1. The van der Waals surface area contributed by atoms with E-state index in [-0.39, 0.29) is 5.91 Å². The first kappa shape index (κ1) is 15.6. The number of aryl methyl sites for hydroxylation is 1. The van der Waals surface area contributed by atoms with E-state index in [9.17, 15) is 4.79 Å². The van der Waals surface area contributed by atoms with Crippen LogP contribution in [0.2, 0.25) is 10.0 Å². The van der Waals surface area contributed by atoms with Crippen LogP contribution in [-0.4, -0.2) is 11.1 Å². The van der Waals surface area contributed by atoms with Crippen molar-refractivity contribution >= 4 is 34.8 Å². The molecule has 23 heavy (non-hydrogen) atoms. The SMILES string of the molecule is Cc1onc(-c2ccccc2)c1C(=O)Nc1c(Cl)cccc1Cl. The zero-order valence-electron chi connectivity index (χ0n) is 12.1. The summed E-state index contributed by atoms with van der Waals surface area (Å²) in [6.45, 7) is 1.68. The van der Waals surface area contributed by atoms with Crippen LogP contribution in [0.25, 0.3) is 11.3 Å². The molecule has 0 bridgehead atoms. The zero-order chi connectivity index (χ0) is 16.4.